The number of amides is 1. The molecule has 28 heavy (non-hydrogen) atoms. The van der Waals surface area contributed by atoms with Gasteiger partial charge in [-0.25, -0.2) is 9.78 Å². The molecule has 1 saturated heterocycles. The van der Waals surface area contributed by atoms with Gasteiger partial charge in [-0.15, -0.1) is 0 Å². The van der Waals surface area contributed by atoms with Crippen molar-refractivity contribution in [3.63, 3.8) is 0 Å². The predicted octanol–water partition coefficient (Wildman–Crippen LogP) is 3.52. The summed E-state index contributed by atoms with van der Waals surface area (Å²) in [5.41, 5.74) is 1.48. The van der Waals surface area contributed by atoms with Gasteiger partial charge in [-0.3, -0.25) is 9.78 Å². The van der Waals surface area contributed by atoms with E-state index in [2.05, 4.69) is 15.0 Å². The number of likely N-dealkylation sites (tertiary alicyclic amines) is 1. The largest absolute Gasteiger partial charge is 0.348 e. The number of rotatable bonds is 4. The van der Waals surface area contributed by atoms with E-state index in [1.165, 1.54) is 0 Å². The summed E-state index contributed by atoms with van der Waals surface area (Å²) >= 11 is 6.38. The molecular weight excluding hydrogens is 376 g/mol. The molecule has 0 spiro atoms. The van der Waals surface area contributed by atoms with Crippen LogP contribution in [0.1, 0.15) is 19.4 Å². The van der Waals surface area contributed by atoms with E-state index in [-0.39, 0.29) is 11.3 Å². The molecule has 7 heteroatoms. The summed E-state index contributed by atoms with van der Waals surface area (Å²) in [6, 6.07) is 14.8. The minimum Gasteiger partial charge on any atom is -0.337 e. The minimum absolute atomic E-state index is 0.130. The molecule has 0 bridgehead atoms. The molecule has 1 aliphatic rings. The highest BCUT2D eigenvalue weighted by Gasteiger charge is 2.43. The van der Waals surface area contributed by atoms with E-state index in [4.69, 9.17) is 11.6 Å². The number of H-pyrrole nitrogens is 1. The molecule has 4 rings (SSSR count). The van der Waals surface area contributed by atoms with Gasteiger partial charge in [0.1, 0.15) is 5.82 Å². The zero-order valence-electron chi connectivity index (χ0n) is 15.6. The van der Waals surface area contributed by atoms with Crippen LogP contribution < -0.4 is 5.69 Å². The van der Waals surface area contributed by atoms with Crippen molar-refractivity contribution in [3.8, 4) is 22.8 Å². The Morgan fingerprint density at radius 1 is 1.11 bits per heavy atom. The molecule has 3 aromatic rings. The normalized spacial score (nSPS) is 15.4. The summed E-state index contributed by atoms with van der Waals surface area (Å²) in [7, 11) is 0. The molecule has 1 aliphatic heterocycles. The first-order chi connectivity index (χ1) is 13.3. The van der Waals surface area contributed by atoms with Gasteiger partial charge in [0.2, 0.25) is 5.91 Å². The molecule has 2 aromatic carbocycles. The molecule has 1 fully saturated rings. The molecule has 2 heterocycles. The second-order valence-electron chi connectivity index (χ2n) is 7.55. The molecule has 0 aliphatic carbocycles. The molecule has 0 atom stereocenters. The summed E-state index contributed by atoms with van der Waals surface area (Å²) in [4.78, 5) is 37.2. The van der Waals surface area contributed by atoms with Gasteiger partial charge < -0.3 is 4.90 Å². The number of aromatic nitrogens is 3. The van der Waals surface area contributed by atoms with Gasteiger partial charge in [-0.2, -0.15) is 4.98 Å². The van der Waals surface area contributed by atoms with Gasteiger partial charge in [0.05, 0.1) is 10.4 Å². The Morgan fingerprint density at radius 2 is 1.86 bits per heavy atom. The predicted molar refractivity (Wildman–Crippen MR) is 108 cm³/mol. The SMILES string of the molecule is CC1(C)CN(Cc2ccc(Cl)c(-c3nc(-c4ccccc4)nc(=O)[nH]3)c2)C1=O. The van der Waals surface area contributed by atoms with Gasteiger partial charge >= 0.3 is 5.69 Å². The maximum absolute atomic E-state index is 12.2. The van der Waals surface area contributed by atoms with E-state index in [1.54, 1.807) is 11.0 Å². The zero-order valence-corrected chi connectivity index (χ0v) is 16.3. The van der Waals surface area contributed by atoms with E-state index < -0.39 is 5.69 Å². The van der Waals surface area contributed by atoms with Crippen molar-refractivity contribution in [3.05, 3.63) is 69.6 Å². The first kappa shape index (κ1) is 18.4. The third-order valence-corrected chi connectivity index (χ3v) is 5.12. The smallest absolute Gasteiger partial charge is 0.337 e. The number of nitrogens with zero attached hydrogens (tertiary/aromatic N) is 3. The molecule has 142 valence electrons. The van der Waals surface area contributed by atoms with Crippen LogP contribution in [0.3, 0.4) is 0 Å². The Kier molecular flexibility index (Phi) is 4.51. The third kappa shape index (κ3) is 3.43. The van der Waals surface area contributed by atoms with Gasteiger partial charge in [0, 0.05) is 24.2 Å². The summed E-state index contributed by atoms with van der Waals surface area (Å²) in [6.07, 6.45) is 0. The summed E-state index contributed by atoms with van der Waals surface area (Å²) in [5.74, 6) is 0.812. The number of nitrogens with one attached hydrogen (secondary N) is 1. The lowest BCUT2D eigenvalue weighted by Gasteiger charge is -2.44. The van der Waals surface area contributed by atoms with E-state index in [1.807, 2.05) is 56.3 Å². The van der Waals surface area contributed by atoms with Gasteiger partial charge in [-0.1, -0.05) is 48.0 Å². The van der Waals surface area contributed by atoms with Crippen LogP contribution in [0.5, 0.6) is 0 Å². The Morgan fingerprint density at radius 3 is 2.54 bits per heavy atom. The van der Waals surface area contributed by atoms with Crippen LogP contribution in [0.2, 0.25) is 5.02 Å². The topological polar surface area (TPSA) is 79.0 Å². The minimum atomic E-state index is -0.495. The van der Waals surface area contributed by atoms with Crippen molar-refractivity contribution in [1.82, 2.24) is 19.9 Å². The van der Waals surface area contributed by atoms with Crippen LogP contribution in [0, 0.1) is 5.41 Å². The molecule has 1 N–H and O–H groups in total. The number of hydrogen-bond donors (Lipinski definition) is 1. The standard InChI is InChI=1S/C21H19ClN4O2/c1-21(2)12-26(19(21)27)11-13-8-9-16(22)15(10-13)18-23-17(24-20(28)25-18)14-6-4-3-5-7-14/h3-10H,11-12H2,1-2H3,(H,23,24,25,28). The van der Waals surface area contributed by atoms with Crippen molar-refractivity contribution < 1.29 is 4.79 Å². The van der Waals surface area contributed by atoms with Crippen LogP contribution >= 0.6 is 11.6 Å². The molecule has 1 aromatic heterocycles. The molecule has 6 nitrogen and oxygen atoms in total. The zero-order chi connectivity index (χ0) is 19.9. The fourth-order valence-corrected chi connectivity index (χ4v) is 3.59. The van der Waals surface area contributed by atoms with Gasteiger partial charge in [0.25, 0.3) is 0 Å². The van der Waals surface area contributed by atoms with Crippen LogP contribution in [0.15, 0.2) is 53.3 Å². The first-order valence-corrected chi connectivity index (χ1v) is 9.33. The van der Waals surface area contributed by atoms with E-state index in [9.17, 15) is 9.59 Å². The quantitative estimate of drug-likeness (QED) is 0.686. The molecule has 1 amide bonds. The lowest BCUT2D eigenvalue weighted by molar-refractivity contribution is -0.157. The van der Waals surface area contributed by atoms with Gasteiger partial charge in [-0.05, 0) is 31.5 Å². The summed E-state index contributed by atoms with van der Waals surface area (Å²) in [5, 5.41) is 0.465. The molecule has 0 saturated carbocycles. The number of aromatic amines is 1. The van der Waals surface area contributed by atoms with E-state index in [0.29, 0.717) is 35.3 Å². The lowest BCUT2D eigenvalue weighted by Crippen LogP contribution is -2.57. The van der Waals surface area contributed by atoms with Crippen LogP contribution in [-0.2, 0) is 11.3 Å². The number of hydrogen-bond acceptors (Lipinski definition) is 4. The number of benzene rings is 2. The average molecular weight is 395 g/mol. The average Bonchev–Trinajstić information content (AvgIpc) is 2.68. The first-order valence-electron chi connectivity index (χ1n) is 8.95. The Bertz CT molecular complexity index is 1110. The third-order valence-electron chi connectivity index (χ3n) is 4.79. The summed E-state index contributed by atoms with van der Waals surface area (Å²) < 4.78 is 0. The van der Waals surface area contributed by atoms with Crippen LogP contribution in [-0.4, -0.2) is 32.3 Å². The van der Waals surface area contributed by atoms with Crippen molar-refractivity contribution >= 4 is 17.5 Å². The molecular formula is C21H19ClN4O2. The second-order valence-corrected chi connectivity index (χ2v) is 7.96. The maximum Gasteiger partial charge on any atom is 0.348 e. The van der Waals surface area contributed by atoms with Crippen molar-refractivity contribution in [2.45, 2.75) is 20.4 Å². The van der Waals surface area contributed by atoms with Crippen LogP contribution in [0.4, 0.5) is 0 Å². The molecule has 0 radical (unpaired) electrons. The monoisotopic (exact) mass is 394 g/mol. The fraction of sp³-hybridized carbons (Fsp3) is 0.238. The highest BCUT2D eigenvalue weighted by atomic mass is 35.5. The number of carbonyl (C=O) groups excluding carboxylic acids is 1. The number of β-lactam (4-membered cyclic amide) rings is 1. The highest BCUT2D eigenvalue weighted by molar-refractivity contribution is 6.33. The van der Waals surface area contributed by atoms with E-state index >= 15 is 0 Å². The molecule has 0 unspecified atom stereocenters. The van der Waals surface area contributed by atoms with Crippen LogP contribution in [0.25, 0.3) is 22.8 Å². The summed E-state index contributed by atoms with van der Waals surface area (Å²) in [6.45, 7) is 5.09. The Balaban J connectivity index is 1.69. The highest BCUT2D eigenvalue weighted by Crippen LogP contribution is 2.33. The number of halogens is 1. The van der Waals surface area contributed by atoms with Crippen molar-refractivity contribution in [1.29, 1.82) is 0 Å². The van der Waals surface area contributed by atoms with Crippen molar-refractivity contribution in [2.24, 2.45) is 5.41 Å². The Hall–Kier alpha value is -2.99. The van der Waals surface area contributed by atoms with Gasteiger partial charge in [0.15, 0.2) is 5.82 Å². The second kappa shape index (κ2) is 6.87. The fourth-order valence-electron chi connectivity index (χ4n) is 3.38. The maximum atomic E-state index is 12.2. The number of carbonyl (C=O) groups is 1. The van der Waals surface area contributed by atoms with Crippen molar-refractivity contribution in [2.75, 3.05) is 6.54 Å². The van der Waals surface area contributed by atoms with E-state index in [0.717, 1.165) is 11.1 Å². The Labute approximate surface area is 167 Å². The lowest BCUT2D eigenvalue weighted by atomic mass is 9.83.